The van der Waals surface area contributed by atoms with Crippen molar-refractivity contribution in [3.8, 4) is 5.82 Å². The standard InChI is InChI=1S/C10H11BrN4/c1-2-3-9-4-10(13-7-12-9)15-6-8(11)5-14-15/h4-7H,2-3H2,1H3. The van der Waals surface area contributed by atoms with Crippen molar-refractivity contribution in [1.82, 2.24) is 19.7 Å². The van der Waals surface area contributed by atoms with E-state index in [1.807, 2.05) is 12.3 Å². The van der Waals surface area contributed by atoms with Crippen LogP contribution in [0.5, 0.6) is 0 Å². The van der Waals surface area contributed by atoms with Crippen molar-refractivity contribution in [1.29, 1.82) is 0 Å². The molecule has 0 atom stereocenters. The molecule has 0 saturated carbocycles. The van der Waals surface area contributed by atoms with Crippen LogP contribution in [0.25, 0.3) is 5.82 Å². The molecule has 15 heavy (non-hydrogen) atoms. The Balaban J connectivity index is 2.32. The molecule has 0 aliphatic carbocycles. The summed E-state index contributed by atoms with van der Waals surface area (Å²) in [5.41, 5.74) is 1.05. The Hall–Kier alpha value is -1.23. The summed E-state index contributed by atoms with van der Waals surface area (Å²) in [5, 5.41) is 4.17. The van der Waals surface area contributed by atoms with Crippen molar-refractivity contribution in [2.45, 2.75) is 19.8 Å². The number of aromatic nitrogens is 4. The van der Waals surface area contributed by atoms with E-state index < -0.39 is 0 Å². The third-order valence-corrected chi connectivity index (χ3v) is 2.41. The fourth-order valence-electron chi connectivity index (χ4n) is 1.33. The summed E-state index contributed by atoms with van der Waals surface area (Å²) in [4.78, 5) is 8.37. The van der Waals surface area contributed by atoms with Crippen LogP contribution in [0.3, 0.4) is 0 Å². The smallest absolute Gasteiger partial charge is 0.156 e. The Morgan fingerprint density at radius 2 is 2.27 bits per heavy atom. The maximum atomic E-state index is 4.20. The van der Waals surface area contributed by atoms with Gasteiger partial charge in [-0.05, 0) is 22.4 Å². The van der Waals surface area contributed by atoms with Crippen LogP contribution in [-0.4, -0.2) is 19.7 Å². The van der Waals surface area contributed by atoms with E-state index in [2.05, 4.69) is 37.9 Å². The lowest BCUT2D eigenvalue weighted by atomic mass is 10.2. The summed E-state index contributed by atoms with van der Waals surface area (Å²) in [7, 11) is 0. The number of rotatable bonds is 3. The molecular formula is C10H11BrN4. The SMILES string of the molecule is CCCc1cc(-n2cc(Br)cn2)ncn1. The molecule has 0 amide bonds. The second-order valence-electron chi connectivity index (χ2n) is 3.22. The zero-order chi connectivity index (χ0) is 10.7. The van der Waals surface area contributed by atoms with Gasteiger partial charge in [-0.1, -0.05) is 13.3 Å². The van der Waals surface area contributed by atoms with Gasteiger partial charge in [-0.25, -0.2) is 14.6 Å². The fraction of sp³-hybridized carbons (Fsp3) is 0.300. The summed E-state index contributed by atoms with van der Waals surface area (Å²) >= 11 is 3.35. The molecule has 0 saturated heterocycles. The van der Waals surface area contributed by atoms with Gasteiger partial charge in [-0.2, -0.15) is 5.10 Å². The maximum Gasteiger partial charge on any atom is 0.156 e. The molecule has 0 aliphatic rings. The number of hydrogen-bond acceptors (Lipinski definition) is 3. The van der Waals surface area contributed by atoms with Gasteiger partial charge in [0, 0.05) is 18.0 Å². The van der Waals surface area contributed by atoms with Gasteiger partial charge in [0.05, 0.1) is 10.7 Å². The molecule has 0 bridgehead atoms. The first-order chi connectivity index (χ1) is 7.29. The first-order valence-electron chi connectivity index (χ1n) is 4.81. The number of halogens is 1. The second kappa shape index (κ2) is 4.53. The molecule has 0 radical (unpaired) electrons. The lowest BCUT2D eigenvalue weighted by Crippen LogP contribution is -2.00. The molecule has 2 rings (SSSR count). The third kappa shape index (κ3) is 2.41. The van der Waals surface area contributed by atoms with Crippen LogP contribution < -0.4 is 0 Å². The van der Waals surface area contributed by atoms with E-state index >= 15 is 0 Å². The van der Waals surface area contributed by atoms with Crippen LogP contribution in [0.2, 0.25) is 0 Å². The normalized spacial score (nSPS) is 10.5. The molecule has 2 heterocycles. The predicted molar refractivity (Wildman–Crippen MR) is 60.8 cm³/mol. The van der Waals surface area contributed by atoms with E-state index in [9.17, 15) is 0 Å². The highest BCUT2D eigenvalue weighted by Gasteiger charge is 2.02. The number of aryl methyl sites for hydroxylation is 1. The molecule has 0 spiro atoms. The minimum absolute atomic E-state index is 0.805. The predicted octanol–water partition coefficient (Wildman–Crippen LogP) is 2.38. The molecular weight excluding hydrogens is 256 g/mol. The van der Waals surface area contributed by atoms with Gasteiger partial charge in [0.25, 0.3) is 0 Å². The second-order valence-corrected chi connectivity index (χ2v) is 4.14. The number of nitrogens with zero attached hydrogens (tertiary/aromatic N) is 4. The molecule has 78 valence electrons. The topological polar surface area (TPSA) is 43.6 Å². The fourth-order valence-corrected chi connectivity index (χ4v) is 1.62. The van der Waals surface area contributed by atoms with Gasteiger partial charge in [0.2, 0.25) is 0 Å². The number of hydrogen-bond donors (Lipinski definition) is 0. The zero-order valence-corrected chi connectivity index (χ0v) is 9.98. The lowest BCUT2D eigenvalue weighted by Gasteiger charge is -2.01. The van der Waals surface area contributed by atoms with E-state index in [0.29, 0.717) is 0 Å². The van der Waals surface area contributed by atoms with Gasteiger partial charge in [-0.15, -0.1) is 0 Å². The van der Waals surface area contributed by atoms with Gasteiger partial charge < -0.3 is 0 Å². The molecule has 2 aromatic rings. The van der Waals surface area contributed by atoms with Crippen LogP contribution in [0.1, 0.15) is 19.0 Å². The van der Waals surface area contributed by atoms with Crippen LogP contribution >= 0.6 is 15.9 Å². The van der Waals surface area contributed by atoms with Gasteiger partial charge in [-0.3, -0.25) is 0 Å². The lowest BCUT2D eigenvalue weighted by molar-refractivity contribution is 0.813. The first kappa shape index (κ1) is 10.3. The largest absolute Gasteiger partial charge is 0.241 e. The minimum atomic E-state index is 0.805. The Morgan fingerprint density at radius 3 is 2.93 bits per heavy atom. The Morgan fingerprint density at radius 1 is 1.40 bits per heavy atom. The van der Waals surface area contributed by atoms with Gasteiger partial charge in [0.15, 0.2) is 5.82 Å². The summed E-state index contributed by atoms with van der Waals surface area (Å²) in [6, 6.07) is 1.96. The Bertz CT molecular complexity index is 452. The monoisotopic (exact) mass is 266 g/mol. The van der Waals surface area contributed by atoms with E-state index in [4.69, 9.17) is 0 Å². The summed E-state index contributed by atoms with van der Waals surface area (Å²) in [5.74, 6) is 0.805. The quantitative estimate of drug-likeness (QED) is 0.857. The highest BCUT2D eigenvalue weighted by atomic mass is 79.9. The van der Waals surface area contributed by atoms with E-state index in [1.165, 1.54) is 0 Å². The van der Waals surface area contributed by atoms with Crippen molar-refractivity contribution in [3.05, 3.63) is 35.0 Å². The van der Waals surface area contributed by atoms with Crippen molar-refractivity contribution >= 4 is 15.9 Å². The molecule has 0 aromatic carbocycles. The molecule has 0 aliphatic heterocycles. The average Bonchev–Trinajstić information content (AvgIpc) is 2.66. The first-order valence-corrected chi connectivity index (χ1v) is 5.60. The van der Waals surface area contributed by atoms with Crippen LogP contribution in [0.4, 0.5) is 0 Å². The molecule has 2 aromatic heterocycles. The van der Waals surface area contributed by atoms with Gasteiger partial charge in [0.1, 0.15) is 6.33 Å². The maximum absolute atomic E-state index is 4.20. The van der Waals surface area contributed by atoms with Crippen LogP contribution in [-0.2, 0) is 6.42 Å². The molecule has 5 heteroatoms. The Kier molecular flexibility index (Phi) is 3.11. The summed E-state index contributed by atoms with van der Waals surface area (Å²) < 4.78 is 2.67. The zero-order valence-electron chi connectivity index (χ0n) is 8.39. The van der Waals surface area contributed by atoms with Crippen molar-refractivity contribution in [3.63, 3.8) is 0 Å². The summed E-state index contributed by atoms with van der Waals surface area (Å²) in [6.07, 6.45) is 7.24. The van der Waals surface area contributed by atoms with Crippen molar-refractivity contribution in [2.24, 2.45) is 0 Å². The van der Waals surface area contributed by atoms with E-state index in [1.54, 1.807) is 17.2 Å². The molecule has 0 N–H and O–H groups in total. The van der Waals surface area contributed by atoms with E-state index in [0.717, 1.165) is 28.8 Å². The van der Waals surface area contributed by atoms with Gasteiger partial charge >= 0.3 is 0 Å². The van der Waals surface area contributed by atoms with Crippen molar-refractivity contribution in [2.75, 3.05) is 0 Å². The van der Waals surface area contributed by atoms with Crippen LogP contribution in [0, 0.1) is 0 Å². The Labute approximate surface area is 96.5 Å². The van der Waals surface area contributed by atoms with E-state index in [-0.39, 0.29) is 0 Å². The third-order valence-electron chi connectivity index (χ3n) is 2.00. The highest BCUT2D eigenvalue weighted by molar-refractivity contribution is 9.10. The molecule has 0 fully saturated rings. The minimum Gasteiger partial charge on any atom is -0.241 e. The van der Waals surface area contributed by atoms with Crippen molar-refractivity contribution < 1.29 is 0 Å². The average molecular weight is 267 g/mol. The molecule has 0 unspecified atom stereocenters. The summed E-state index contributed by atoms with van der Waals surface area (Å²) in [6.45, 7) is 2.13. The highest BCUT2D eigenvalue weighted by Crippen LogP contribution is 2.11. The van der Waals surface area contributed by atoms with Crippen LogP contribution in [0.15, 0.2) is 29.3 Å². The molecule has 4 nitrogen and oxygen atoms in total.